The molecule has 2 rings (SSSR count). The second-order valence-electron chi connectivity index (χ2n) is 5.21. The summed E-state index contributed by atoms with van der Waals surface area (Å²) in [6.45, 7) is 5.35. The van der Waals surface area contributed by atoms with Crippen molar-refractivity contribution in [2.75, 3.05) is 20.1 Å². The van der Waals surface area contributed by atoms with Crippen molar-refractivity contribution in [3.63, 3.8) is 0 Å². The number of rotatable bonds is 3. The minimum Gasteiger partial charge on any atom is -0.310 e. The lowest BCUT2D eigenvalue weighted by atomic mass is 10.0. The van der Waals surface area contributed by atoms with Crippen LogP contribution in [-0.4, -0.2) is 31.1 Å². The number of nitriles is 1. The lowest BCUT2D eigenvalue weighted by molar-refractivity contribution is 0.234. The molecule has 1 aliphatic rings. The molecule has 0 bridgehead atoms. The Labute approximate surface area is 109 Å². The Morgan fingerprint density at radius 1 is 1.39 bits per heavy atom. The summed E-state index contributed by atoms with van der Waals surface area (Å²) in [7, 11) is 2.18. The fourth-order valence-corrected chi connectivity index (χ4v) is 2.43. The maximum absolute atomic E-state index is 8.84. The van der Waals surface area contributed by atoms with E-state index in [9.17, 15) is 0 Å². The van der Waals surface area contributed by atoms with E-state index in [4.69, 9.17) is 5.26 Å². The van der Waals surface area contributed by atoms with Crippen LogP contribution in [0.5, 0.6) is 0 Å². The maximum atomic E-state index is 8.84. The van der Waals surface area contributed by atoms with Gasteiger partial charge in [-0.1, -0.05) is 6.07 Å². The molecule has 1 heterocycles. The van der Waals surface area contributed by atoms with Gasteiger partial charge >= 0.3 is 0 Å². The Hall–Kier alpha value is -1.37. The number of likely N-dealkylation sites (tertiary alicyclic amines) is 1. The van der Waals surface area contributed by atoms with Crippen LogP contribution in [-0.2, 0) is 6.54 Å². The van der Waals surface area contributed by atoms with Crippen LogP contribution in [0.3, 0.4) is 0 Å². The topological polar surface area (TPSA) is 39.1 Å². The SMILES string of the molecule is Cc1cc(C#N)ccc1CNC1CCN(C)CC1. The van der Waals surface area contributed by atoms with Gasteiger partial charge in [0.25, 0.3) is 0 Å². The maximum Gasteiger partial charge on any atom is 0.0991 e. The van der Waals surface area contributed by atoms with Gasteiger partial charge in [0, 0.05) is 12.6 Å². The first-order valence-corrected chi connectivity index (χ1v) is 6.60. The fourth-order valence-electron chi connectivity index (χ4n) is 2.43. The molecular weight excluding hydrogens is 222 g/mol. The number of aryl methyl sites for hydroxylation is 1. The summed E-state index contributed by atoms with van der Waals surface area (Å²) in [6, 6.07) is 8.75. The highest BCUT2D eigenvalue weighted by Crippen LogP contribution is 2.13. The largest absolute Gasteiger partial charge is 0.310 e. The zero-order chi connectivity index (χ0) is 13.0. The van der Waals surface area contributed by atoms with Gasteiger partial charge in [-0.05, 0) is 63.2 Å². The third-order valence-electron chi connectivity index (χ3n) is 3.77. The van der Waals surface area contributed by atoms with E-state index in [1.165, 1.54) is 37.1 Å². The van der Waals surface area contributed by atoms with Crippen LogP contribution in [0.2, 0.25) is 0 Å². The molecule has 3 heteroatoms. The number of benzene rings is 1. The Kier molecular flexibility index (Phi) is 4.35. The summed E-state index contributed by atoms with van der Waals surface area (Å²) in [5.41, 5.74) is 3.25. The van der Waals surface area contributed by atoms with E-state index in [0.29, 0.717) is 6.04 Å². The van der Waals surface area contributed by atoms with Crippen LogP contribution in [0.25, 0.3) is 0 Å². The molecule has 1 aliphatic heterocycles. The molecule has 96 valence electrons. The Balaban J connectivity index is 1.89. The highest BCUT2D eigenvalue weighted by Gasteiger charge is 2.15. The molecular formula is C15H21N3. The molecule has 1 aromatic carbocycles. The molecule has 0 spiro atoms. The van der Waals surface area contributed by atoms with Crippen molar-refractivity contribution < 1.29 is 0 Å². The summed E-state index contributed by atoms with van der Waals surface area (Å²) >= 11 is 0. The second-order valence-corrected chi connectivity index (χ2v) is 5.21. The number of hydrogen-bond acceptors (Lipinski definition) is 3. The first kappa shape index (κ1) is 13.1. The second kappa shape index (κ2) is 5.99. The molecule has 0 saturated carbocycles. The highest BCUT2D eigenvalue weighted by atomic mass is 15.1. The predicted molar refractivity (Wildman–Crippen MR) is 73.3 cm³/mol. The molecule has 0 atom stereocenters. The standard InChI is InChI=1S/C15H21N3/c1-12-9-13(10-16)3-4-14(12)11-17-15-5-7-18(2)8-6-15/h3-4,9,15,17H,5-8,11H2,1-2H3. The van der Waals surface area contributed by atoms with Gasteiger partial charge in [0.1, 0.15) is 0 Å². The van der Waals surface area contributed by atoms with Gasteiger partial charge in [0.05, 0.1) is 11.6 Å². The molecule has 18 heavy (non-hydrogen) atoms. The third-order valence-corrected chi connectivity index (χ3v) is 3.77. The van der Waals surface area contributed by atoms with E-state index >= 15 is 0 Å². The molecule has 1 saturated heterocycles. The van der Waals surface area contributed by atoms with Gasteiger partial charge in [-0.25, -0.2) is 0 Å². The van der Waals surface area contributed by atoms with Gasteiger partial charge in [-0.15, -0.1) is 0 Å². The third kappa shape index (κ3) is 3.32. The number of nitrogens with one attached hydrogen (secondary N) is 1. The Morgan fingerprint density at radius 3 is 2.72 bits per heavy atom. The van der Waals surface area contributed by atoms with Crippen LogP contribution < -0.4 is 5.32 Å². The summed E-state index contributed by atoms with van der Waals surface area (Å²) < 4.78 is 0. The normalized spacial score (nSPS) is 17.6. The van der Waals surface area contributed by atoms with Crippen LogP contribution in [0.4, 0.5) is 0 Å². The van der Waals surface area contributed by atoms with Gasteiger partial charge in [-0.3, -0.25) is 0 Å². The lowest BCUT2D eigenvalue weighted by Gasteiger charge is -2.29. The van der Waals surface area contributed by atoms with Gasteiger partial charge < -0.3 is 10.2 Å². The molecule has 0 aliphatic carbocycles. The van der Waals surface area contributed by atoms with E-state index in [0.717, 1.165) is 12.1 Å². The van der Waals surface area contributed by atoms with E-state index in [-0.39, 0.29) is 0 Å². The number of piperidine rings is 1. The fraction of sp³-hybridized carbons (Fsp3) is 0.533. The zero-order valence-electron chi connectivity index (χ0n) is 11.2. The Bertz CT molecular complexity index is 440. The van der Waals surface area contributed by atoms with Crippen LogP contribution in [0.15, 0.2) is 18.2 Å². The molecule has 1 fully saturated rings. The first-order valence-electron chi connectivity index (χ1n) is 6.60. The number of hydrogen-bond donors (Lipinski definition) is 1. The summed E-state index contributed by atoms with van der Waals surface area (Å²) in [4.78, 5) is 2.38. The van der Waals surface area contributed by atoms with Crippen molar-refractivity contribution in [1.29, 1.82) is 5.26 Å². The molecule has 0 aromatic heterocycles. The quantitative estimate of drug-likeness (QED) is 0.883. The molecule has 1 aromatic rings. The minimum absolute atomic E-state index is 0.635. The minimum atomic E-state index is 0.635. The van der Waals surface area contributed by atoms with Crippen LogP contribution >= 0.6 is 0 Å². The van der Waals surface area contributed by atoms with Crippen LogP contribution in [0, 0.1) is 18.3 Å². The van der Waals surface area contributed by atoms with Crippen molar-refractivity contribution in [2.45, 2.75) is 32.4 Å². The van der Waals surface area contributed by atoms with E-state index in [1.807, 2.05) is 12.1 Å². The van der Waals surface area contributed by atoms with Crippen molar-refractivity contribution in [3.05, 3.63) is 34.9 Å². The monoisotopic (exact) mass is 243 g/mol. The molecule has 0 radical (unpaired) electrons. The first-order chi connectivity index (χ1) is 8.69. The van der Waals surface area contributed by atoms with Gasteiger partial charge in [0.2, 0.25) is 0 Å². The summed E-state index contributed by atoms with van der Waals surface area (Å²) in [5, 5.41) is 12.5. The average Bonchev–Trinajstić information content (AvgIpc) is 2.39. The molecule has 0 amide bonds. The van der Waals surface area contributed by atoms with Crippen molar-refractivity contribution in [1.82, 2.24) is 10.2 Å². The summed E-state index contributed by atoms with van der Waals surface area (Å²) in [5.74, 6) is 0. The zero-order valence-corrected chi connectivity index (χ0v) is 11.2. The number of nitrogens with zero attached hydrogens (tertiary/aromatic N) is 2. The van der Waals surface area contributed by atoms with Crippen molar-refractivity contribution in [2.24, 2.45) is 0 Å². The molecule has 0 unspecified atom stereocenters. The highest BCUT2D eigenvalue weighted by molar-refractivity contribution is 5.37. The van der Waals surface area contributed by atoms with E-state index < -0.39 is 0 Å². The smallest absolute Gasteiger partial charge is 0.0991 e. The van der Waals surface area contributed by atoms with Gasteiger partial charge in [0.15, 0.2) is 0 Å². The van der Waals surface area contributed by atoms with E-state index in [1.54, 1.807) is 0 Å². The van der Waals surface area contributed by atoms with E-state index in [2.05, 4.69) is 36.3 Å². The molecule has 1 N–H and O–H groups in total. The lowest BCUT2D eigenvalue weighted by Crippen LogP contribution is -2.40. The Morgan fingerprint density at radius 2 is 2.11 bits per heavy atom. The van der Waals surface area contributed by atoms with Crippen molar-refractivity contribution >= 4 is 0 Å². The molecule has 3 nitrogen and oxygen atoms in total. The predicted octanol–water partition coefficient (Wildman–Crippen LogP) is 2.05. The summed E-state index contributed by atoms with van der Waals surface area (Å²) in [6.07, 6.45) is 2.46. The van der Waals surface area contributed by atoms with Gasteiger partial charge in [-0.2, -0.15) is 5.26 Å². The average molecular weight is 243 g/mol. The van der Waals surface area contributed by atoms with Crippen molar-refractivity contribution in [3.8, 4) is 6.07 Å². The van der Waals surface area contributed by atoms with Crippen LogP contribution in [0.1, 0.15) is 29.5 Å².